The van der Waals surface area contributed by atoms with Gasteiger partial charge in [-0.3, -0.25) is 4.79 Å². The highest BCUT2D eigenvalue weighted by atomic mass is 28.4. The van der Waals surface area contributed by atoms with Gasteiger partial charge in [0.15, 0.2) is 8.32 Å². The fraction of sp³-hybridized carbons (Fsp3) is 0.812. The zero-order valence-corrected chi connectivity index (χ0v) is 14.7. The van der Waals surface area contributed by atoms with Gasteiger partial charge in [-0.15, -0.1) is 0 Å². The molecule has 120 valence electrons. The Labute approximate surface area is 128 Å². The largest absolute Gasteiger partial charge is 0.417 e. The number of hydrogen-bond acceptors (Lipinski definition) is 4. The highest BCUT2D eigenvalue weighted by Gasteiger charge is 2.53. The number of hydrogen-bond donors (Lipinski definition) is 2. The van der Waals surface area contributed by atoms with E-state index in [0.717, 1.165) is 0 Å². The quantitative estimate of drug-likeness (QED) is 0.615. The van der Waals surface area contributed by atoms with E-state index in [1.165, 1.54) is 0 Å². The van der Waals surface area contributed by atoms with Gasteiger partial charge in [-0.2, -0.15) is 0 Å². The molecule has 2 bridgehead atoms. The molecule has 0 aromatic heterocycles. The van der Waals surface area contributed by atoms with E-state index < -0.39 is 20.3 Å². The zero-order chi connectivity index (χ0) is 16.0. The van der Waals surface area contributed by atoms with Gasteiger partial charge in [-0.25, -0.2) is 0 Å². The van der Waals surface area contributed by atoms with Crippen molar-refractivity contribution in [2.24, 2.45) is 23.7 Å². The minimum Gasteiger partial charge on any atom is -0.417 e. The summed E-state index contributed by atoms with van der Waals surface area (Å²) in [4.78, 5) is 12.3. The van der Waals surface area contributed by atoms with E-state index in [-0.39, 0.29) is 35.2 Å². The van der Waals surface area contributed by atoms with E-state index in [0.29, 0.717) is 6.61 Å². The van der Waals surface area contributed by atoms with Crippen LogP contribution in [-0.4, -0.2) is 43.6 Å². The van der Waals surface area contributed by atoms with Gasteiger partial charge in [0, 0.05) is 25.0 Å². The van der Waals surface area contributed by atoms with Crippen LogP contribution >= 0.6 is 0 Å². The van der Waals surface area contributed by atoms with Crippen LogP contribution in [0.5, 0.6) is 0 Å². The summed E-state index contributed by atoms with van der Waals surface area (Å²) in [5, 5.41) is 19.9. The van der Waals surface area contributed by atoms with Gasteiger partial charge in [0.2, 0.25) is 0 Å². The molecule has 2 rings (SSSR count). The lowest BCUT2D eigenvalue weighted by atomic mass is 9.87. The summed E-state index contributed by atoms with van der Waals surface area (Å²) in [6.45, 7) is 11.3. The van der Waals surface area contributed by atoms with Gasteiger partial charge in [0.1, 0.15) is 5.78 Å². The molecule has 0 aliphatic heterocycles. The third-order valence-corrected chi connectivity index (χ3v) is 10.2. The standard InChI is InChI=1S/C16H28O4Si/c1-16(2,3)21(4,5)20-9-12-11(8-17)10-6-7-13(18)14(12)15(10)19/h6-7,10-14,17-18H,8-9H2,1-5H3/t10-,11-,12+,13+,14-/m1/s1. The number of aliphatic hydroxyl groups excluding tert-OH is 2. The Morgan fingerprint density at radius 3 is 2.38 bits per heavy atom. The van der Waals surface area contributed by atoms with Gasteiger partial charge in [0.05, 0.1) is 12.0 Å². The van der Waals surface area contributed by atoms with Gasteiger partial charge in [-0.05, 0) is 24.1 Å². The Morgan fingerprint density at radius 2 is 1.86 bits per heavy atom. The van der Waals surface area contributed by atoms with Gasteiger partial charge < -0.3 is 14.6 Å². The second-order valence-electron chi connectivity index (χ2n) is 7.91. The molecular formula is C16H28O4Si. The first-order valence-corrected chi connectivity index (χ1v) is 10.7. The van der Waals surface area contributed by atoms with Crippen molar-refractivity contribution < 1.29 is 19.4 Å². The van der Waals surface area contributed by atoms with Gasteiger partial charge in [-0.1, -0.05) is 32.9 Å². The van der Waals surface area contributed by atoms with Gasteiger partial charge in [0.25, 0.3) is 0 Å². The summed E-state index contributed by atoms with van der Waals surface area (Å²) >= 11 is 0. The lowest BCUT2D eigenvalue weighted by molar-refractivity contribution is -0.126. The Bertz CT molecular complexity index is 438. The van der Waals surface area contributed by atoms with E-state index in [2.05, 4.69) is 33.9 Å². The molecular weight excluding hydrogens is 284 g/mol. The number of ketones is 1. The predicted octanol–water partition coefficient (Wildman–Crippen LogP) is 1.98. The Morgan fingerprint density at radius 1 is 1.24 bits per heavy atom. The topological polar surface area (TPSA) is 66.8 Å². The van der Waals surface area contributed by atoms with Crippen LogP contribution in [0.4, 0.5) is 0 Å². The van der Waals surface area contributed by atoms with Crippen LogP contribution in [0.1, 0.15) is 20.8 Å². The molecule has 2 aliphatic carbocycles. The van der Waals surface area contributed by atoms with E-state index in [9.17, 15) is 15.0 Å². The first-order valence-electron chi connectivity index (χ1n) is 7.75. The smallest absolute Gasteiger partial charge is 0.191 e. The molecule has 0 aromatic carbocycles. The highest BCUT2D eigenvalue weighted by Crippen LogP contribution is 2.46. The maximum atomic E-state index is 12.3. The van der Waals surface area contributed by atoms with Crippen molar-refractivity contribution in [3.63, 3.8) is 0 Å². The van der Waals surface area contributed by atoms with Crippen LogP contribution in [0.15, 0.2) is 12.2 Å². The first kappa shape index (κ1) is 16.9. The van der Waals surface area contributed by atoms with E-state index in [4.69, 9.17) is 4.43 Å². The number of aliphatic hydroxyl groups is 2. The summed E-state index contributed by atoms with van der Waals surface area (Å²) in [6, 6.07) is 0. The number of carbonyl (C=O) groups excluding carboxylic acids is 1. The van der Waals surface area contributed by atoms with Crippen molar-refractivity contribution in [3.8, 4) is 0 Å². The second kappa shape index (κ2) is 5.61. The molecule has 2 aliphatic rings. The minimum atomic E-state index is -1.90. The molecule has 5 atom stereocenters. The Kier molecular flexibility index (Phi) is 4.51. The number of rotatable bonds is 4. The van der Waals surface area contributed by atoms with Crippen molar-refractivity contribution in [2.45, 2.75) is 45.0 Å². The maximum Gasteiger partial charge on any atom is 0.191 e. The summed E-state index contributed by atoms with van der Waals surface area (Å²) in [7, 11) is -1.90. The normalized spacial score (nSPS) is 36.3. The second-order valence-corrected chi connectivity index (χ2v) is 12.7. The molecule has 2 N–H and O–H groups in total. The first-order chi connectivity index (χ1) is 9.60. The molecule has 0 aromatic rings. The third-order valence-electron chi connectivity index (χ3n) is 5.67. The SMILES string of the molecule is CC(C)(C)[Si](C)(C)OC[C@H]1[C@H](CO)[C@H]2C=C[C@H](O)[C@@H]1C2=O. The van der Waals surface area contributed by atoms with E-state index in [1.54, 1.807) is 12.2 Å². The average molecular weight is 312 g/mol. The van der Waals surface area contributed by atoms with E-state index >= 15 is 0 Å². The van der Waals surface area contributed by atoms with Crippen molar-refractivity contribution >= 4 is 14.1 Å². The number of fused-ring (bicyclic) bond motifs is 2. The highest BCUT2D eigenvalue weighted by molar-refractivity contribution is 6.74. The van der Waals surface area contributed by atoms with Crippen LogP contribution in [0, 0.1) is 23.7 Å². The minimum absolute atomic E-state index is 0.0322. The molecule has 0 spiro atoms. The summed E-state index contributed by atoms with van der Waals surface area (Å²) in [6.07, 6.45) is 2.72. The molecule has 4 nitrogen and oxygen atoms in total. The molecule has 0 heterocycles. The zero-order valence-electron chi connectivity index (χ0n) is 13.7. The van der Waals surface area contributed by atoms with Crippen LogP contribution in [0.2, 0.25) is 18.1 Å². The van der Waals surface area contributed by atoms with Crippen molar-refractivity contribution in [1.82, 2.24) is 0 Å². The fourth-order valence-electron chi connectivity index (χ4n) is 3.19. The fourth-order valence-corrected chi connectivity index (χ4v) is 4.23. The monoisotopic (exact) mass is 312 g/mol. The van der Waals surface area contributed by atoms with Crippen molar-refractivity contribution in [2.75, 3.05) is 13.2 Å². The van der Waals surface area contributed by atoms with Crippen LogP contribution in [0.3, 0.4) is 0 Å². The number of carbonyl (C=O) groups is 1. The lowest BCUT2D eigenvalue weighted by Gasteiger charge is -2.38. The molecule has 0 unspecified atom stereocenters. The van der Waals surface area contributed by atoms with E-state index in [1.807, 2.05) is 0 Å². The maximum absolute atomic E-state index is 12.3. The van der Waals surface area contributed by atoms with Crippen LogP contribution < -0.4 is 0 Å². The molecule has 21 heavy (non-hydrogen) atoms. The van der Waals surface area contributed by atoms with Crippen LogP contribution in [-0.2, 0) is 9.22 Å². The third kappa shape index (κ3) is 2.89. The average Bonchev–Trinajstić information content (AvgIpc) is 2.53. The predicted molar refractivity (Wildman–Crippen MR) is 84.3 cm³/mol. The number of allylic oxidation sites excluding steroid dienone is 1. The molecule has 1 saturated carbocycles. The lowest BCUT2D eigenvalue weighted by Crippen LogP contribution is -2.44. The molecule has 0 saturated heterocycles. The Balaban J connectivity index is 2.14. The molecule has 5 heteroatoms. The molecule has 1 fully saturated rings. The summed E-state index contributed by atoms with van der Waals surface area (Å²) in [5.74, 6) is -0.821. The Hall–Kier alpha value is -0.493. The molecule has 0 amide bonds. The number of Topliss-reactive ketones (excluding diaryl/α,β-unsaturated/α-hetero) is 1. The van der Waals surface area contributed by atoms with Crippen LogP contribution in [0.25, 0.3) is 0 Å². The van der Waals surface area contributed by atoms with Gasteiger partial charge >= 0.3 is 0 Å². The summed E-state index contributed by atoms with van der Waals surface area (Å²) in [5.41, 5.74) is 0. The molecule has 0 radical (unpaired) electrons. The van der Waals surface area contributed by atoms with Crippen molar-refractivity contribution in [3.05, 3.63) is 12.2 Å². The summed E-state index contributed by atoms with van der Waals surface area (Å²) < 4.78 is 6.25. The van der Waals surface area contributed by atoms with Crippen molar-refractivity contribution in [1.29, 1.82) is 0 Å².